The van der Waals surface area contributed by atoms with E-state index in [9.17, 15) is 0 Å². The van der Waals surface area contributed by atoms with E-state index in [1.165, 1.54) is 29.7 Å². The van der Waals surface area contributed by atoms with Crippen molar-refractivity contribution < 1.29 is 4.74 Å². The van der Waals surface area contributed by atoms with Gasteiger partial charge in [0.15, 0.2) is 0 Å². The lowest BCUT2D eigenvalue weighted by Gasteiger charge is -2.34. The number of aryl methyl sites for hydroxylation is 2. The van der Waals surface area contributed by atoms with Crippen LogP contribution in [-0.4, -0.2) is 31.3 Å². The van der Waals surface area contributed by atoms with E-state index >= 15 is 0 Å². The van der Waals surface area contributed by atoms with Crippen molar-refractivity contribution in [2.45, 2.75) is 51.1 Å². The number of aromatic nitrogens is 1. The standard InChI is InChI=1S/C16H25N3O/c1-19(14-6-8-20-9-7-14)16-13(11-17)10-12-4-2-3-5-15(12)18-16/h10,14H,2-9,11,17H2,1H3. The summed E-state index contributed by atoms with van der Waals surface area (Å²) in [6.07, 6.45) is 7.00. The highest BCUT2D eigenvalue weighted by atomic mass is 16.5. The molecule has 1 saturated heterocycles. The summed E-state index contributed by atoms with van der Waals surface area (Å²) >= 11 is 0. The quantitative estimate of drug-likeness (QED) is 0.917. The fourth-order valence-electron chi connectivity index (χ4n) is 3.37. The lowest BCUT2D eigenvalue weighted by Crippen LogP contribution is -2.38. The number of anilines is 1. The van der Waals surface area contributed by atoms with E-state index in [4.69, 9.17) is 15.5 Å². The van der Waals surface area contributed by atoms with Gasteiger partial charge in [0.1, 0.15) is 5.82 Å². The van der Waals surface area contributed by atoms with Crippen molar-refractivity contribution in [1.82, 2.24) is 4.98 Å². The van der Waals surface area contributed by atoms with Gasteiger partial charge in [0.2, 0.25) is 0 Å². The van der Waals surface area contributed by atoms with Gasteiger partial charge in [-0.05, 0) is 50.2 Å². The molecule has 0 atom stereocenters. The van der Waals surface area contributed by atoms with Crippen LogP contribution in [0.4, 0.5) is 5.82 Å². The van der Waals surface area contributed by atoms with E-state index < -0.39 is 0 Å². The van der Waals surface area contributed by atoms with Crippen molar-refractivity contribution in [2.24, 2.45) is 5.73 Å². The summed E-state index contributed by atoms with van der Waals surface area (Å²) in [5.74, 6) is 1.10. The molecular formula is C16H25N3O. The van der Waals surface area contributed by atoms with Crippen LogP contribution in [0.3, 0.4) is 0 Å². The molecule has 1 aliphatic heterocycles. The number of fused-ring (bicyclic) bond motifs is 1. The molecule has 1 aromatic rings. The first-order valence-electron chi connectivity index (χ1n) is 7.82. The third kappa shape index (κ3) is 2.67. The van der Waals surface area contributed by atoms with E-state index in [0.29, 0.717) is 12.6 Å². The molecule has 4 nitrogen and oxygen atoms in total. The Bertz CT molecular complexity index is 469. The molecule has 0 spiro atoms. The Balaban J connectivity index is 1.90. The minimum atomic E-state index is 0.531. The third-order valence-electron chi connectivity index (χ3n) is 4.65. The van der Waals surface area contributed by atoms with Crippen LogP contribution in [0, 0.1) is 0 Å². The first kappa shape index (κ1) is 13.8. The maximum absolute atomic E-state index is 5.96. The summed E-state index contributed by atoms with van der Waals surface area (Å²) in [5.41, 5.74) is 9.87. The summed E-state index contributed by atoms with van der Waals surface area (Å²) in [6.45, 7) is 2.29. The highest BCUT2D eigenvalue weighted by Gasteiger charge is 2.23. The molecule has 1 aliphatic carbocycles. The molecule has 0 radical (unpaired) electrons. The molecule has 110 valence electrons. The predicted molar refractivity (Wildman–Crippen MR) is 81.0 cm³/mol. The zero-order valence-electron chi connectivity index (χ0n) is 12.4. The Labute approximate surface area is 121 Å². The zero-order valence-corrected chi connectivity index (χ0v) is 12.4. The Kier molecular flexibility index (Phi) is 4.22. The smallest absolute Gasteiger partial charge is 0.133 e. The number of rotatable bonds is 3. The topological polar surface area (TPSA) is 51.4 Å². The molecule has 20 heavy (non-hydrogen) atoms. The number of hydrogen-bond donors (Lipinski definition) is 1. The molecule has 1 aromatic heterocycles. The van der Waals surface area contributed by atoms with Crippen molar-refractivity contribution in [1.29, 1.82) is 0 Å². The predicted octanol–water partition coefficient (Wildman–Crippen LogP) is 2.03. The maximum atomic E-state index is 5.96. The summed E-state index contributed by atoms with van der Waals surface area (Å²) in [7, 11) is 2.16. The molecular weight excluding hydrogens is 250 g/mol. The van der Waals surface area contributed by atoms with E-state index in [1.54, 1.807) is 0 Å². The van der Waals surface area contributed by atoms with Gasteiger partial charge < -0.3 is 15.4 Å². The van der Waals surface area contributed by atoms with Crippen LogP contribution >= 0.6 is 0 Å². The van der Waals surface area contributed by atoms with Gasteiger partial charge in [-0.25, -0.2) is 4.98 Å². The van der Waals surface area contributed by atoms with Gasteiger partial charge in [0.05, 0.1) is 0 Å². The second-order valence-electron chi connectivity index (χ2n) is 5.94. The van der Waals surface area contributed by atoms with E-state index in [-0.39, 0.29) is 0 Å². The molecule has 0 bridgehead atoms. The number of pyridine rings is 1. The van der Waals surface area contributed by atoms with Gasteiger partial charge in [-0.2, -0.15) is 0 Å². The van der Waals surface area contributed by atoms with Crippen LogP contribution in [0.5, 0.6) is 0 Å². The third-order valence-corrected chi connectivity index (χ3v) is 4.65. The average Bonchev–Trinajstić information content (AvgIpc) is 2.53. The highest BCUT2D eigenvalue weighted by Crippen LogP contribution is 2.28. The van der Waals surface area contributed by atoms with E-state index in [0.717, 1.165) is 44.7 Å². The number of nitrogens with two attached hydrogens (primary N) is 1. The largest absolute Gasteiger partial charge is 0.381 e. The Hall–Kier alpha value is -1.13. The van der Waals surface area contributed by atoms with E-state index in [1.807, 2.05) is 0 Å². The van der Waals surface area contributed by atoms with Crippen molar-refractivity contribution in [3.63, 3.8) is 0 Å². The average molecular weight is 275 g/mol. The van der Waals surface area contributed by atoms with Crippen molar-refractivity contribution >= 4 is 5.82 Å². The Morgan fingerprint density at radius 2 is 2.05 bits per heavy atom. The molecule has 0 aromatic carbocycles. The first-order valence-corrected chi connectivity index (χ1v) is 7.82. The minimum absolute atomic E-state index is 0.531. The SMILES string of the molecule is CN(c1nc2c(cc1CN)CCCC2)C1CCOCC1. The molecule has 2 aliphatic rings. The molecule has 3 rings (SSSR count). The first-order chi connectivity index (χ1) is 9.79. The van der Waals surface area contributed by atoms with Crippen LogP contribution in [0.25, 0.3) is 0 Å². The summed E-state index contributed by atoms with van der Waals surface area (Å²) in [6, 6.07) is 2.83. The van der Waals surface area contributed by atoms with Gasteiger partial charge in [0.25, 0.3) is 0 Å². The normalized spacial score (nSPS) is 19.7. The lowest BCUT2D eigenvalue weighted by molar-refractivity contribution is 0.0853. The molecule has 1 fully saturated rings. The van der Waals surface area contributed by atoms with Crippen LogP contribution < -0.4 is 10.6 Å². The maximum Gasteiger partial charge on any atom is 0.133 e. The number of hydrogen-bond acceptors (Lipinski definition) is 4. The fourth-order valence-corrected chi connectivity index (χ4v) is 3.37. The van der Waals surface area contributed by atoms with E-state index in [2.05, 4.69) is 18.0 Å². The van der Waals surface area contributed by atoms with Crippen molar-refractivity contribution in [3.05, 3.63) is 22.9 Å². The van der Waals surface area contributed by atoms with Gasteiger partial charge in [-0.15, -0.1) is 0 Å². The van der Waals surface area contributed by atoms with Gasteiger partial charge in [0, 0.05) is 44.1 Å². The van der Waals surface area contributed by atoms with Gasteiger partial charge in [-0.1, -0.05) is 0 Å². The molecule has 2 N–H and O–H groups in total. The van der Waals surface area contributed by atoms with Crippen LogP contribution in [0.2, 0.25) is 0 Å². The monoisotopic (exact) mass is 275 g/mol. The highest BCUT2D eigenvalue weighted by molar-refractivity contribution is 5.50. The van der Waals surface area contributed by atoms with Gasteiger partial charge in [-0.3, -0.25) is 0 Å². The molecule has 0 saturated carbocycles. The molecule has 0 unspecified atom stereocenters. The van der Waals surface area contributed by atoms with Crippen LogP contribution in [-0.2, 0) is 24.1 Å². The fraction of sp³-hybridized carbons (Fsp3) is 0.688. The van der Waals surface area contributed by atoms with Crippen molar-refractivity contribution in [3.8, 4) is 0 Å². The van der Waals surface area contributed by atoms with Crippen molar-refractivity contribution in [2.75, 3.05) is 25.2 Å². The summed E-state index contributed by atoms with van der Waals surface area (Å²) in [5, 5.41) is 0. The zero-order chi connectivity index (χ0) is 13.9. The van der Waals surface area contributed by atoms with Crippen LogP contribution in [0.15, 0.2) is 6.07 Å². The number of ether oxygens (including phenoxy) is 1. The van der Waals surface area contributed by atoms with Gasteiger partial charge >= 0.3 is 0 Å². The summed E-state index contributed by atoms with van der Waals surface area (Å²) in [4.78, 5) is 7.30. The number of nitrogens with zero attached hydrogens (tertiary/aromatic N) is 2. The Morgan fingerprint density at radius 1 is 1.30 bits per heavy atom. The second-order valence-corrected chi connectivity index (χ2v) is 5.94. The summed E-state index contributed by atoms with van der Waals surface area (Å²) < 4.78 is 5.46. The second kappa shape index (κ2) is 6.10. The molecule has 4 heteroatoms. The molecule has 2 heterocycles. The minimum Gasteiger partial charge on any atom is -0.381 e. The van der Waals surface area contributed by atoms with Crippen LogP contribution in [0.1, 0.15) is 42.5 Å². The lowest BCUT2D eigenvalue weighted by atomic mass is 9.94. The Morgan fingerprint density at radius 3 is 2.80 bits per heavy atom. The molecule has 0 amide bonds.